The maximum Gasteiger partial charge on any atom is 0.121 e. The van der Waals surface area contributed by atoms with Crippen LogP contribution in [0.4, 0.5) is 0 Å². The molecule has 4 aromatic rings. The summed E-state index contributed by atoms with van der Waals surface area (Å²) in [5.74, 6) is 0.482. The molecule has 31 heavy (non-hydrogen) atoms. The highest BCUT2D eigenvalue weighted by Gasteiger charge is 2.11. The van der Waals surface area contributed by atoms with Gasteiger partial charge in [0.25, 0.3) is 0 Å². The Morgan fingerprint density at radius 2 is 0.710 bits per heavy atom. The van der Waals surface area contributed by atoms with Crippen molar-refractivity contribution in [2.75, 3.05) is 0 Å². The number of hydrogen-bond acceptors (Lipinski definition) is 1. The first-order valence-corrected chi connectivity index (χ1v) is 11.2. The fourth-order valence-electron chi connectivity index (χ4n) is 4.14. The average Bonchev–Trinajstić information content (AvgIpc) is 2.83. The number of benzene rings is 4. The van der Waals surface area contributed by atoms with Gasteiger partial charge >= 0.3 is 0 Å². The predicted octanol–water partition coefficient (Wildman–Crippen LogP) is 6.75. The molecule has 0 saturated heterocycles. The first kappa shape index (κ1) is 20.9. The van der Waals surface area contributed by atoms with Crippen molar-refractivity contribution < 1.29 is 5.11 Å². The minimum absolute atomic E-state index is 0.482. The average molecular weight is 407 g/mol. The highest BCUT2D eigenvalue weighted by atomic mass is 16.3. The summed E-state index contributed by atoms with van der Waals surface area (Å²) in [4.78, 5) is 0. The lowest BCUT2D eigenvalue weighted by molar-refractivity contribution is 0.460. The SMILES string of the molecule is Oc1c(CCc2ccccc2)cc(CCc2ccccc2)cc1CCc1ccccc1. The second kappa shape index (κ2) is 10.6. The van der Waals surface area contributed by atoms with Gasteiger partial charge in [0.05, 0.1) is 0 Å². The van der Waals surface area contributed by atoms with Crippen LogP contribution in [0.1, 0.15) is 33.4 Å². The Balaban J connectivity index is 1.54. The van der Waals surface area contributed by atoms with E-state index < -0.39 is 0 Å². The van der Waals surface area contributed by atoms with Gasteiger partial charge < -0.3 is 5.11 Å². The Morgan fingerprint density at radius 1 is 0.387 bits per heavy atom. The number of hydrogen-bond donors (Lipinski definition) is 1. The van der Waals surface area contributed by atoms with Crippen molar-refractivity contribution in [1.82, 2.24) is 0 Å². The van der Waals surface area contributed by atoms with Crippen molar-refractivity contribution in [2.24, 2.45) is 0 Å². The van der Waals surface area contributed by atoms with Crippen molar-refractivity contribution in [3.63, 3.8) is 0 Å². The van der Waals surface area contributed by atoms with Crippen LogP contribution in [0.15, 0.2) is 103 Å². The molecular formula is C30H30O. The smallest absolute Gasteiger partial charge is 0.121 e. The van der Waals surface area contributed by atoms with Crippen LogP contribution in [0.2, 0.25) is 0 Å². The lowest BCUT2D eigenvalue weighted by Crippen LogP contribution is -2.01. The van der Waals surface area contributed by atoms with Gasteiger partial charge in [0.2, 0.25) is 0 Å². The molecule has 0 heterocycles. The maximum atomic E-state index is 11.1. The van der Waals surface area contributed by atoms with Gasteiger partial charge in [0.1, 0.15) is 5.75 Å². The molecule has 0 fully saturated rings. The molecule has 0 aliphatic carbocycles. The normalized spacial score (nSPS) is 10.8. The highest BCUT2D eigenvalue weighted by Crippen LogP contribution is 2.28. The molecule has 0 aromatic heterocycles. The van der Waals surface area contributed by atoms with E-state index in [-0.39, 0.29) is 0 Å². The van der Waals surface area contributed by atoms with Crippen LogP contribution >= 0.6 is 0 Å². The summed E-state index contributed by atoms with van der Waals surface area (Å²) in [7, 11) is 0. The van der Waals surface area contributed by atoms with E-state index in [2.05, 4.69) is 91.0 Å². The van der Waals surface area contributed by atoms with Crippen molar-refractivity contribution in [3.05, 3.63) is 137 Å². The van der Waals surface area contributed by atoms with Crippen LogP contribution in [0.25, 0.3) is 0 Å². The van der Waals surface area contributed by atoms with E-state index in [1.807, 2.05) is 12.1 Å². The molecule has 4 rings (SSSR count). The van der Waals surface area contributed by atoms with Gasteiger partial charge in [-0.1, -0.05) is 103 Å². The van der Waals surface area contributed by atoms with Crippen LogP contribution in [-0.4, -0.2) is 5.11 Å². The Bertz CT molecular complexity index is 1000. The fraction of sp³-hybridized carbons (Fsp3) is 0.200. The number of aryl methyl sites for hydroxylation is 6. The zero-order valence-corrected chi connectivity index (χ0v) is 18.0. The molecule has 0 amide bonds. The van der Waals surface area contributed by atoms with Crippen molar-refractivity contribution >= 4 is 0 Å². The van der Waals surface area contributed by atoms with Crippen LogP contribution in [-0.2, 0) is 38.5 Å². The van der Waals surface area contributed by atoms with Crippen LogP contribution in [0, 0.1) is 0 Å². The van der Waals surface area contributed by atoms with Gasteiger partial charge in [-0.15, -0.1) is 0 Å². The Kier molecular flexibility index (Phi) is 7.18. The summed E-state index contributed by atoms with van der Waals surface area (Å²) in [6.45, 7) is 0. The number of aromatic hydroxyl groups is 1. The molecule has 0 unspecified atom stereocenters. The fourth-order valence-corrected chi connectivity index (χ4v) is 4.14. The molecule has 4 aromatic carbocycles. The zero-order chi connectivity index (χ0) is 21.3. The molecule has 0 radical (unpaired) electrons. The Hall–Kier alpha value is -3.32. The first-order valence-electron chi connectivity index (χ1n) is 11.2. The van der Waals surface area contributed by atoms with Crippen LogP contribution in [0.5, 0.6) is 5.75 Å². The molecule has 0 aliphatic rings. The molecule has 0 saturated carbocycles. The van der Waals surface area contributed by atoms with Gasteiger partial charge in [-0.3, -0.25) is 0 Å². The summed E-state index contributed by atoms with van der Waals surface area (Å²) in [5.41, 5.74) is 7.42. The molecule has 0 bridgehead atoms. The van der Waals surface area contributed by atoms with E-state index in [0.29, 0.717) is 5.75 Å². The molecule has 0 atom stereocenters. The zero-order valence-electron chi connectivity index (χ0n) is 18.0. The summed E-state index contributed by atoms with van der Waals surface area (Å²) in [6.07, 6.45) is 5.59. The van der Waals surface area contributed by atoms with Crippen molar-refractivity contribution in [3.8, 4) is 5.75 Å². The standard InChI is InChI=1S/C30H30O/c31-30-28(20-18-25-12-6-2-7-13-25)22-27(17-16-24-10-4-1-5-11-24)23-29(30)21-19-26-14-8-3-9-15-26/h1-15,22-23,31H,16-21H2. The molecule has 1 N–H and O–H groups in total. The van der Waals surface area contributed by atoms with E-state index >= 15 is 0 Å². The largest absolute Gasteiger partial charge is 0.507 e. The van der Waals surface area contributed by atoms with E-state index in [1.54, 1.807) is 0 Å². The second-order valence-electron chi connectivity index (χ2n) is 8.22. The van der Waals surface area contributed by atoms with Gasteiger partial charge in [-0.25, -0.2) is 0 Å². The summed E-state index contributed by atoms with van der Waals surface area (Å²) in [5, 5.41) is 11.1. The molecule has 0 aliphatic heterocycles. The first-order chi connectivity index (χ1) is 15.3. The van der Waals surface area contributed by atoms with Crippen molar-refractivity contribution in [2.45, 2.75) is 38.5 Å². The Morgan fingerprint density at radius 3 is 1.10 bits per heavy atom. The third-order valence-corrected chi connectivity index (χ3v) is 5.92. The number of phenols is 1. The third-order valence-electron chi connectivity index (χ3n) is 5.92. The predicted molar refractivity (Wildman–Crippen MR) is 130 cm³/mol. The van der Waals surface area contributed by atoms with Gasteiger partial charge in [0, 0.05) is 0 Å². The minimum atomic E-state index is 0.482. The molecular weight excluding hydrogens is 376 g/mol. The number of rotatable bonds is 9. The monoisotopic (exact) mass is 406 g/mol. The van der Waals surface area contributed by atoms with E-state index in [4.69, 9.17) is 0 Å². The van der Waals surface area contributed by atoms with E-state index in [1.165, 1.54) is 22.3 Å². The maximum absolute atomic E-state index is 11.1. The minimum Gasteiger partial charge on any atom is -0.507 e. The van der Waals surface area contributed by atoms with Crippen LogP contribution in [0.3, 0.4) is 0 Å². The summed E-state index contributed by atoms with van der Waals surface area (Å²) >= 11 is 0. The van der Waals surface area contributed by atoms with Gasteiger partial charge in [-0.05, 0) is 71.9 Å². The highest BCUT2D eigenvalue weighted by molar-refractivity contribution is 5.45. The summed E-state index contributed by atoms with van der Waals surface area (Å²) in [6, 6.07) is 36.1. The molecule has 1 nitrogen and oxygen atoms in total. The molecule has 156 valence electrons. The van der Waals surface area contributed by atoms with E-state index in [9.17, 15) is 5.11 Å². The van der Waals surface area contributed by atoms with Crippen molar-refractivity contribution in [1.29, 1.82) is 0 Å². The topological polar surface area (TPSA) is 20.2 Å². The lowest BCUT2D eigenvalue weighted by atomic mass is 9.93. The lowest BCUT2D eigenvalue weighted by Gasteiger charge is -2.14. The molecule has 1 heteroatoms. The van der Waals surface area contributed by atoms with E-state index in [0.717, 1.165) is 49.7 Å². The van der Waals surface area contributed by atoms with Crippen LogP contribution < -0.4 is 0 Å². The quantitative estimate of drug-likeness (QED) is 0.326. The third kappa shape index (κ3) is 6.08. The molecule has 0 spiro atoms. The van der Waals surface area contributed by atoms with Gasteiger partial charge in [-0.2, -0.15) is 0 Å². The van der Waals surface area contributed by atoms with Gasteiger partial charge in [0.15, 0.2) is 0 Å². The summed E-state index contributed by atoms with van der Waals surface area (Å²) < 4.78 is 0. The second-order valence-corrected chi connectivity index (χ2v) is 8.22. The Labute approximate surface area is 186 Å². The number of phenolic OH excluding ortho intramolecular Hbond substituents is 1.